The van der Waals surface area contributed by atoms with Gasteiger partial charge in [-0.25, -0.2) is 0 Å². The Morgan fingerprint density at radius 3 is 2.73 bits per heavy atom. The van der Waals surface area contributed by atoms with Crippen molar-refractivity contribution in [3.8, 4) is 0 Å². The number of benzene rings is 1. The highest BCUT2D eigenvalue weighted by atomic mass is 79.9. The zero-order valence-corrected chi connectivity index (χ0v) is 10.1. The number of carboxylic acid groups (broad SMARTS) is 1. The van der Waals surface area contributed by atoms with E-state index in [4.69, 9.17) is 16.7 Å². The molecular formula is C10H10BrClO3. The quantitative estimate of drug-likeness (QED) is 0.897. The van der Waals surface area contributed by atoms with E-state index in [9.17, 15) is 9.90 Å². The Morgan fingerprint density at radius 1 is 1.53 bits per heavy atom. The molecule has 0 saturated carbocycles. The first-order chi connectivity index (χ1) is 7.00. The molecule has 1 atom stereocenters. The van der Waals surface area contributed by atoms with Gasteiger partial charge in [0.25, 0.3) is 0 Å². The largest absolute Gasteiger partial charge is 0.481 e. The highest BCUT2D eigenvalue weighted by Crippen LogP contribution is 2.28. The van der Waals surface area contributed by atoms with Gasteiger partial charge < -0.3 is 10.2 Å². The predicted molar refractivity (Wildman–Crippen MR) is 61.0 cm³/mol. The van der Waals surface area contributed by atoms with Crippen molar-refractivity contribution in [1.82, 2.24) is 0 Å². The summed E-state index contributed by atoms with van der Waals surface area (Å²) in [6.07, 6.45) is -0.744. The van der Waals surface area contributed by atoms with Crippen LogP contribution in [0, 0.1) is 0 Å². The number of carbonyl (C=O) groups is 1. The summed E-state index contributed by atoms with van der Waals surface area (Å²) >= 11 is 9.15. The van der Waals surface area contributed by atoms with E-state index in [0.29, 0.717) is 10.6 Å². The maximum atomic E-state index is 10.3. The summed E-state index contributed by atoms with van der Waals surface area (Å²) in [4.78, 5) is 10.3. The van der Waals surface area contributed by atoms with Crippen LogP contribution in [0.25, 0.3) is 0 Å². The van der Waals surface area contributed by atoms with Crippen LogP contribution in [0.2, 0.25) is 5.02 Å². The van der Waals surface area contributed by atoms with Crippen molar-refractivity contribution in [2.24, 2.45) is 0 Å². The van der Waals surface area contributed by atoms with Crippen molar-refractivity contribution >= 4 is 33.5 Å². The van der Waals surface area contributed by atoms with E-state index >= 15 is 0 Å². The van der Waals surface area contributed by atoms with Gasteiger partial charge in [-0.05, 0) is 24.1 Å². The van der Waals surface area contributed by atoms with Crippen molar-refractivity contribution < 1.29 is 15.0 Å². The fraction of sp³-hybridized carbons (Fsp3) is 0.300. The zero-order valence-electron chi connectivity index (χ0n) is 7.78. The fourth-order valence-corrected chi connectivity index (χ4v) is 1.99. The molecule has 0 saturated heterocycles. The minimum absolute atomic E-state index is 0.0758. The van der Waals surface area contributed by atoms with Crippen LogP contribution in [0.5, 0.6) is 0 Å². The average Bonchev–Trinajstić information content (AvgIpc) is 2.14. The third-order valence-electron chi connectivity index (χ3n) is 1.95. The molecule has 0 aliphatic rings. The molecule has 1 aromatic rings. The van der Waals surface area contributed by atoms with Crippen molar-refractivity contribution in [2.45, 2.75) is 18.9 Å². The lowest BCUT2D eigenvalue weighted by atomic mass is 10.1. The second kappa shape index (κ2) is 5.49. The molecule has 5 heteroatoms. The van der Waals surface area contributed by atoms with Gasteiger partial charge >= 0.3 is 5.97 Å². The molecule has 0 aromatic heterocycles. The van der Waals surface area contributed by atoms with Crippen LogP contribution >= 0.6 is 27.5 Å². The Morgan fingerprint density at radius 2 is 2.20 bits per heavy atom. The second-order valence-electron chi connectivity index (χ2n) is 3.11. The summed E-state index contributed by atoms with van der Waals surface area (Å²) < 4.78 is 0.821. The number of aliphatic hydroxyl groups is 1. The lowest BCUT2D eigenvalue weighted by molar-refractivity contribution is -0.137. The van der Waals surface area contributed by atoms with Crippen LogP contribution in [0.1, 0.15) is 24.5 Å². The molecule has 1 unspecified atom stereocenters. The van der Waals surface area contributed by atoms with Crippen molar-refractivity contribution in [3.63, 3.8) is 0 Å². The normalized spacial score (nSPS) is 12.5. The number of aliphatic carboxylic acids is 1. The number of carboxylic acids is 1. The van der Waals surface area contributed by atoms with Gasteiger partial charge in [0.15, 0.2) is 0 Å². The Balaban J connectivity index is 2.73. The van der Waals surface area contributed by atoms with E-state index in [2.05, 4.69) is 15.9 Å². The molecule has 15 heavy (non-hydrogen) atoms. The van der Waals surface area contributed by atoms with Gasteiger partial charge in [-0.3, -0.25) is 4.79 Å². The van der Waals surface area contributed by atoms with Crippen LogP contribution in [0.15, 0.2) is 22.7 Å². The molecular weight excluding hydrogens is 283 g/mol. The Hall–Kier alpha value is -0.580. The summed E-state index contributed by atoms with van der Waals surface area (Å²) in [5.74, 6) is -0.928. The first-order valence-corrected chi connectivity index (χ1v) is 5.52. The second-order valence-corrected chi connectivity index (χ2v) is 4.44. The summed E-state index contributed by atoms with van der Waals surface area (Å²) in [6.45, 7) is 0. The van der Waals surface area contributed by atoms with Crippen molar-refractivity contribution in [3.05, 3.63) is 33.3 Å². The van der Waals surface area contributed by atoms with Crippen LogP contribution in [0.3, 0.4) is 0 Å². The molecule has 0 fully saturated rings. The summed E-state index contributed by atoms with van der Waals surface area (Å²) in [6, 6.07) is 5.10. The van der Waals surface area contributed by atoms with E-state index < -0.39 is 12.1 Å². The SMILES string of the molecule is O=C(O)CCC(O)c1ccc(Br)cc1Cl. The molecule has 1 rings (SSSR count). The standard InChI is InChI=1S/C10H10BrClO3/c11-6-1-2-7(8(12)5-6)9(13)3-4-10(14)15/h1-2,5,9,13H,3-4H2,(H,14,15). The van der Waals surface area contributed by atoms with Crippen molar-refractivity contribution in [2.75, 3.05) is 0 Å². The van der Waals surface area contributed by atoms with Crippen LogP contribution in [-0.2, 0) is 4.79 Å². The van der Waals surface area contributed by atoms with E-state index in [1.54, 1.807) is 18.2 Å². The molecule has 0 heterocycles. The number of halogens is 2. The number of aliphatic hydroxyl groups excluding tert-OH is 1. The van der Waals surface area contributed by atoms with E-state index in [1.807, 2.05) is 0 Å². The highest BCUT2D eigenvalue weighted by molar-refractivity contribution is 9.10. The van der Waals surface area contributed by atoms with Crippen LogP contribution in [0.4, 0.5) is 0 Å². The van der Waals surface area contributed by atoms with Gasteiger partial charge in [-0.1, -0.05) is 33.6 Å². The maximum absolute atomic E-state index is 10.3. The first kappa shape index (κ1) is 12.5. The molecule has 0 bridgehead atoms. The third kappa shape index (κ3) is 3.81. The van der Waals surface area contributed by atoms with Gasteiger partial charge in [-0.2, -0.15) is 0 Å². The molecule has 0 spiro atoms. The van der Waals surface area contributed by atoms with Crippen LogP contribution in [-0.4, -0.2) is 16.2 Å². The lowest BCUT2D eigenvalue weighted by Gasteiger charge is -2.11. The topological polar surface area (TPSA) is 57.5 Å². The van der Waals surface area contributed by atoms with E-state index in [0.717, 1.165) is 4.47 Å². The summed E-state index contributed by atoms with van der Waals surface area (Å²) in [5.41, 5.74) is 0.557. The highest BCUT2D eigenvalue weighted by Gasteiger charge is 2.13. The summed E-state index contributed by atoms with van der Waals surface area (Å²) in [7, 11) is 0. The molecule has 82 valence electrons. The monoisotopic (exact) mass is 292 g/mol. The predicted octanol–water partition coefficient (Wildman–Crippen LogP) is 3.00. The van der Waals surface area contributed by atoms with Gasteiger partial charge in [0.05, 0.1) is 6.10 Å². The van der Waals surface area contributed by atoms with Gasteiger partial charge in [0.2, 0.25) is 0 Å². The number of hydrogen-bond acceptors (Lipinski definition) is 2. The van der Waals surface area contributed by atoms with Crippen molar-refractivity contribution in [1.29, 1.82) is 0 Å². The van der Waals surface area contributed by atoms with Crippen LogP contribution < -0.4 is 0 Å². The van der Waals surface area contributed by atoms with Gasteiger partial charge in [-0.15, -0.1) is 0 Å². The fourth-order valence-electron chi connectivity index (χ4n) is 1.19. The average molecular weight is 294 g/mol. The number of rotatable bonds is 4. The maximum Gasteiger partial charge on any atom is 0.303 e. The van der Waals surface area contributed by atoms with Gasteiger partial charge in [0.1, 0.15) is 0 Å². The lowest BCUT2D eigenvalue weighted by Crippen LogP contribution is -2.03. The Bertz CT molecular complexity index is 368. The molecule has 2 N–H and O–H groups in total. The Labute approximate surface area is 101 Å². The van der Waals surface area contributed by atoms with Gasteiger partial charge in [0, 0.05) is 15.9 Å². The minimum Gasteiger partial charge on any atom is -0.481 e. The molecule has 0 aliphatic carbocycles. The molecule has 0 radical (unpaired) electrons. The third-order valence-corrected chi connectivity index (χ3v) is 2.77. The molecule has 3 nitrogen and oxygen atoms in total. The number of hydrogen-bond donors (Lipinski definition) is 2. The zero-order chi connectivity index (χ0) is 11.4. The molecule has 1 aromatic carbocycles. The molecule has 0 aliphatic heterocycles. The summed E-state index contributed by atoms with van der Waals surface area (Å²) in [5, 5.41) is 18.6. The molecule has 0 amide bonds. The first-order valence-electron chi connectivity index (χ1n) is 4.35. The smallest absolute Gasteiger partial charge is 0.303 e. The minimum atomic E-state index is -0.928. The van der Waals surface area contributed by atoms with E-state index in [1.165, 1.54) is 0 Å². The van der Waals surface area contributed by atoms with E-state index in [-0.39, 0.29) is 12.8 Å². The Kier molecular flexibility index (Phi) is 4.57.